The normalized spacial score (nSPS) is 18.8. The zero-order valence-corrected chi connectivity index (χ0v) is 20.3. The SMILES string of the molecule is CSC1Nc2ccccc2N1C1CCN(C(=O)OCCCOCC(=O)OC(C)(C)C)CC1. The lowest BCUT2D eigenvalue weighted by molar-refractivity contribution is -0.160. The number of fused-ring (bicyclic) bond motifs is 1. The molecule has 0 saturated carbocycles. The number of anilines is 2. The summed E-state index contributed by atoms with van der Waals surface area (Å²) in [7, 11) is 0. The molecule has 2 aliphatic heterocycles. The molecule has 1 saturated heterocycles. The van der Waals surface area contributed by atoms with E-state index in [0.29, 0.717) is 32.2 Å². The summed E-state index contributed by atoms with van der Waals surface area (Å²) >= 11 is 1.79. The van der Waals surface area contributed by atoms with E-state index in [4.69, 9.17) is 14.2 Å². The molecule has 1 N–H and O–H groups in total. The Hall–Kier alpha value is -2.13. The van der Waals surface area contributed by atoms with E-state index in [-0.39, 0.29) is 24.8 Å². The summed E-state index contributed by atoms with van der Waals surface area (Å²) in [6.45, 7) is 7.32. The molecule has 178 valence electrons. The van der Waals surface area contributed by atoms with E-state index >= 15 is 0 Å². The highest BCUT2D eigenvalue weighted by molar-refractivity contribution is 7.99. The van der Waals surface area contributed by atoms with Gasteiger partial charge in [0.15, 0.2) is 0 Å². The van der Waals surface area contributed by atoms with Gasteiger partial charge in [-0.2, -0.15) is 0 Å². The van der Waals surface area contributed by atoms with Gasteiger partial charge in [0.05, 0.1) is 24.6 Å². The van der Waals surface area contributed by atoms with Gasteiger partial charge in [0.25, 0.3) is 0 Å². The minimum Gasteiger partial charge on any atom is -0.458 e. The van der Waals surface area contributed by atoms with Crippen molar-refractivity contribution in [1.29, 1.82) is 0 Å². The molecule has 1 aromatic carbocycles. The van der Waals surface area contributed by atoms with E-state index in [0.717, 1.165) is 12.8 Å². The van der Waals surface area contributed by atoms with Crippen LogP contribution in [0.2, 0.25) is 0 Å². The number of esters is 1. The maximum atomic E-state index is 12.4. The van der Waals surface area contributed by atoms with Gasteiger partial charge in [0, 0.05) is 25.6 Å². The number of amides is 1. The van der Waals surface area contributed by atoms with Crippen molar-refractivity contribution >= 4 is 35.2 Å². The molecule has 32 heavy (non-hydrogen) atoms. The standard InChI is InChI=1S/C23H35N3O5S/c1-23(2,3)31-20(27)16-29-14-7-15-30-22(28)25-12-10-17(11-13-25)26-19-9-6-5-8-18(19)24-21(26)32-4/h5-6,8-9,17,21,24H,7,10-16H2,1-4H3. The summed E-state index contributed by atoms with van der Waals surface area (Å²) in [5.41, 5.74) is 2.10. The average molecular weight is 466 g/mol. The number of thioether (sulfide) groups is 1. The molecule has 0 spiro atoms. The van der Waals surface area contributed by atoms with E-state index in [1.165, 1.54) is 11.4 Å². The molecule has 0 aromatic heterocycles. The van der Waals surface area contributed by atoms with Crippen molar-refractivity contribution in [2.45, 2.75) is 57.2 Å². The predicted molar refractivity (Wildman–Crippen MR) is 127 cm³/mol. The zero-order valence-electron chi connectivity index (χ0n) is 19.5. The summed E-state index contributed by atoms with van der Waals surface area (Å²) in [4.78, 5) is 28.2. The number of rotatable bonds is 8. The summed E-state index contributed by atoms with van der Waals surface area (Å²) < 4.78 is 15.9. The number of ether oxygens (including phenoxy) is 3. The number of likely N-dealkylation sites (tertiary alicyclic amines) is 1. The molecule has 9 heteroatoms. The second-order valence-corrected chi connectivity index (χ2v) is 9.90. The molecule has 1 aromatic rings. The van der Waals surface area contributed by atoms with Crippen molar-refractivity contribution in [3.05, 3.63) is 24.3 Å². The smallest absolute Gasteiger partial charge is 0.409 e. The van der Waals surface area contributed by atoms with Crippen LogP contribution >= 0.6 is 11.8 Å². The van der Waals surface area contributed by atoms with Crippen molar-refractivity contribution in [3.63, 3.8) is 0 Å². The zero-order chi connectivity index (χ0) is 23.1. The van der Waals surface area contributed by atoms with E-state index < -0.39 is 11.6 Å². The number of hydrogen-bond donors (Lipinski definition) is 1. The van der Waals surface area contributed by atoms with Crippen molar-refractivity contribution in [3.8, 4) is 0 Å². The Balaban J connectivity index is 1.34. The number of nitrogens with zero attached hydrogens (tertiary/aromatic N) is 2. The topological polar surface area (TPSA) is 80.3 Å². The van der Waals surface area contributed by atoms with Crippen LogP contribution in [-0.2, 0) is 19.0 Å². The molecule has 0 bridgehead atoms. The van der Waals surface area contributed by atoms with Crippen molar-refractivity contribution < 1.29 is 23.8 Å². The quantitative estimate of drug-likeness (QED) is 0.457. The lowest BCUT2D eigenvalue weighted by Crippen LogP contribution is -2.49. The van der Waals surface area contributed by atoms with Crippen LogP contribution in [0.4, 0.5) is 16.2 Å². The van der Waals surface area contributed by atoms with Crippen molar-refractivity contribution in [2.75, 3.05) is 49.4 Å². The first-order valence-electron chi connectivity index (χ1n) is 11.2. The molecule has 2 aliphatic rings. The van der Waals surface area contributed by atoms with E-state index in [9.17, 15) is 9.59 Å². The Kier molecular flexibility index (Phi) is 8.53. The molecule has 0 radical (unpaired) electrons. The fraction of sp³-hybridized carbons (Fsp3) is 0.652. The Morgan fingerprint density at radius 1 is 1.16 bits per heavy atom. The third-order valence-corrected chi connectivity index (χ3v) is 6.14. The van der Waals surface area contributed by atoms with Crippen LogP contribution in [0.25, 0.3) is 0 Å². The van der Waals surface area contributed by atoms with Gasteiger partial charge < -0.3 is 29.3 Å². The summed E-state index contributed by atoms with van der Waals surface area (Å²) in [6, 6.07) is 8.77. The van der Waals surface area contributed by atoms with Gasteiger partial charge in [-0.05, 0) is 52.0 Å². The number of carbonyl (C=O) groups excluding carboxylic acids is 2. The second-order valence-electron chi connectivity index (χ2n) is 8.98. The fourth-order valence-corrected chi connectivity index (χ4v) is 4.73. The lowest BCUT2D eigenvalue weighted by Gasteiger charge is -2.39. The van der Waals surface area contributed by atoms with Crippen LogP contribution in [-0.4, -0.2) is 73.3 Å². The Bertz CT molecular complexity index is 777. The molecular formula is C23H35N3O5S. The third kappa shape index (κ3) is 6.68. The van der Waals surface area contributed by atoms with E-state index in [1.54, 1.807) is 16.7 Å². The minimum atomic E-state index is -0.519. The van der Waals surface area contributed by atoms with Crippen molar-refractivity contribution in [2.24, 2.45) is 0 Å². The number of benzene rings is 1. The van der Waals surface area contributed by atoms with Crippen LogP contribution in [0.1, 0.15) is 40.0 Å². The number of piperidine rings is 1. The molecule has 0 aliphatic carbocycles. The first-order chi connectivity index (χ1) is 15.3. The molecule has 1 unspecified atom stereocenters. The van der Waals surface area contributed by atoms with Gasteiger partial charge in [-0.15, -0.1) is 11.8 Å². The number of carbonyl (C=O) groups is 2. The highest BCUT2D eigenvalue weighted by atomic mass is 32.2. The van der Waals surface area contributed by atoms with Crippen molar-refractivity contribution in [1.82, 2.24) is 4.90 Å². The summed E-state index contributed by atoms with van der Waals surface area (Å²) in [6.07, 6.45) is 4.18. The van der Waals surface area contributed by atoms with Crippen LogP contribution in [0.15, 0.2) is 24.3 Å². The number of para-hydroxylation sites is 2. The van der Waals surface area contributed by atoms with Gasteiger partial charge in [0.2, 0.25) is 0 Å². The van der Waals surface area contributed by atoms with Gasteiger partial charge in [-0.1, -0.05) is 12.1 Å². The summed E-state index contributed by atoms with van der Waals surface area (Å²) in [5.74, 6) is -0.392. The second kappa shape index (κ2) is 11.1. The number of hydrogen-bond acceptors (Lipinski definition) is 8. The van der Waals surface area contributed by atoms with Gasteiger partial charge in [-0.25, -0.2) is 9.59 Å². The Morgan fingerprint density at radius 3 is 2.56 bits per heavy atom. The molecule has 3 rings (SSSR count). The van der Waals surface area contributed by atoms with Crippen LogP contribution < -0.4 is 10.2 Å². The van der Waals surface area contributed by atoms with Crippen LogP contribution in [0, 0.1) is 0 Å². The highest BCUT2D eigenvalue weighted by Gasteiger charge is 2.36. The van der Waals surface area contributed by atoms with Gasteiger partial charge >= 0.3 is 12.1 Å². The number of nitrogens with one attached hydrogen (secondary N) is 1. The highest BCUT2D eigenvalue weighted by Crippen LogP contribution is 2.40. The first kappa shape index (κ1) is 24.5. The molecule has 2 heterocycles. The molecular weight excluding hydrogens is 430 g/mol. The monoisotopic (exact) mass is 465 g/mol. The Morgan fingerprint density at radius 2 is 1.88 bits per heavy atom. The maximum Gasteiger partial charge on any atom is 0.409 e. The predicted octanol–water partition coefficient (Wildman–Crippen LogP) is 3.91. The maximum absolute atomic E-state index is 12.4. The minimum absolute atomic E-state index is 0.0930. The fourth-order valence-electron chi connectivity index (χ4n) is 3.98. The van der Waals surface area contributed by atoms with Gasteiger partial charge in [0.1, 0.15) is 17.7 Å². The van der Waals surface area contributed by atoms with Crippen LogP contribution in [0.5, 0.6) is 0 Å². The lowest BCUT2D eigenvalue weighted by atomic mass is 10.0. The Labute approximate surface area is 194 Å². The van der Waals surface area contributed by atoms with Gasteiger partial charge in [-0.3, -0.25) is 0 Å². The third-order valence-electron chi connectivity index (χ3n) is 5.35. The van der Waals surface area contributed by atoms with E-state index in [1.807, 2.05) is 26.8 Å². The van der Waals surface area contributed by atoms with E-state index in [2.05, 4.69) is 34.7 Å². The molecule has 1 amide bonds. The molecule has 1 fully saturated rings. The summed E-state index contributed by atoms with van der Waals surface area (Å²) in [5, 5.41) is 3.57. The average Bonchev–Trinajstić information content (AvgIpc) is 3.13. The largest absolute Gasteiger partial charge is 0.458 e. The molecule has 1 atom stereocenters. The van der Waals surface area contributed by atoms with Crippen LogP contribution in [0.3, 0.4) is 0 Å². The molecule has 8 nitrogen and oxygen atoms in total. The first-order valence-corrected chi connectivity index (χ1v) is 12.5.